The molecule has 3 rings (SSSR count). The summed E-state index contributed by atoms with van der Waals surface area (Å²) in [4.78, 5) is 26.4. The van der Waals surface area contributed by atoms with Crippen molar-refractivity contribution in [2.45, 2.75) is 27.2 Å². The summed E-state index contributed by atoms with van der Waals surface area (Å²) in [5.41, 5.74) is 3.98. The van der Waals surface area contributed by atoms with E-state index in [4.69, 9.17) is 4.74 Å². The number of rotatable bonds is 3. The van der Waals surface area contributed by atoms with Crippen LogP contribution in [0.1, 0.15) is 23.1 Å². The molecule has 0 aliphatic carbocycles. The number of aryl methyl sites for hydroxylation is 2. The SMILES string of the molecule is Cc1ccc(N2C[C@H](C(=O)Oc3cccc(C)c3C)CC2=O)cc1. The number of esters is 1. The van der Waals surface area contributed by atoms with Gasteiger partial charge in [0.05, 0.1) is 5.92 Å². The van der Waals surface area contributed by atoms with Gasteiger partial charge in [-0.05, 0) is 50.1 Å². The highest BCUT2D eigenvalue weighted by molar-refractivity contribution is 5.99. The van der Waals surface area contributed by atoms with E-state index in [1.807, 2.05) is 57.2 Å². The maximum Gasteiger partial charge on any atom is 0.316 e. The highest BCUT2D eigenvalue weighted by Gasteiger charge is 2.36. The van der Waals surface area contributed by atoms with Crippen molar-refractivity contribution in [3.63, 3.8) is 0 Å². The molecule has 0 unspecified atom stereocenters. The number of amides is 1. The van der Waals surface area contributed by atoms with Gasteiger partial charge in [-0.1, -0.05) is 29.8 Å². The Balaban J connectivity index is 1.72. The normalized spacial score (nSPS) is 17.2. The zero-order valence-electron chi connectivity index (χ0n) is 14.2. The first-order chi connectivity index (χ1) is 11.5. The standard InChI is InChI=1S/C20H21NO3/c1-13-7-9-17(10-8-13)21-12-16(11-19(21)22)20(23)24-18-6-4-5-14(2)15(18)3/h4-10,16H,11-12H2,1-3H3/t16-/m1/s1. The van der Waals surface area contributed by atoms with E-state index in [-0.39, 0.29) is 18.3 Å². The molecule has 2 aromatic rings. The Morgan fingerprint density at radius 2 is 1.79 bits per heavy atom. The molecule has 0 spiro atoms. The smallest absolute Gasteiger partial charge is 0.316 e. The number of carbonyl (C=O) groups is 2. The minimum absolute atomic E-state index is 0.0400. The summed E-state index contributed by atoms with van der Waals surface area (Å²) in [7, 11) is 0. The summed E-state index contributed by atoms with van der Waals surface area (Å²) in [5, 5.41) is 0. The lowest BCUT2D eigenvalue weighted by molar-refractivity contribution is -0.139. The van der Waals surface area contributed by atoms with E-state index in [0.717, 1.165) is 22.4 Å². The van der Waals surface area contributed by atoms with Crippen LogP contribution in [0.3, 0.4) is 0 Å². The van der Waals surface area contributed by atoms with Gasteiger partial charge in [0, 0.05) is 18.7 Å². The Hall–Kier alpha value is -2.62. The van der Waals surface area contributed by atoms with E-state index in [2.05, 4.69) is 0 Å². The first-order valence-corrected chi connectivity index (χ1v) is 8.10. The average Bonchev–Trinajstić information content (AvgIpc) is 2.94. The zero-order valence-corrected chi connectivity index (χ0v) is 14.2. The lowest BCUT2D eigenvalue weighted by atomic mass is 10.1. The van der Waals surface area contributed by atoms with Crippen LogP contribution in [-0.2, 0) is 9.59 Å². The van der Waals surface area contributed by atoms with Crippen LogP contribution in [0.2, 0.25) is 0 Å². The third kappa shape index (κ3) is 3.18. The van der Waals surface area contributed by atoms with Crippen molar-refractivity contribution in [1.82, 2.24) is 0 Å². The molecular formula is C20H21NO3. The van der Waals surface area contributed by atoms with E-state index in [0.29, 0.717) is 12.3 Å². The van der Waals surface area contributed by atoms with Crippen molar-refractivity contribution in [2.75, 3.05) is 11.4 Å². The van der Waals surface area contributed by atoms with Crippen LogP contribution in [0.5, 0.6) is 5.75 Å². The zero-order chi connectivity index (χ0) is 17.3. The second kappa shape index (κ2) is 6.48. The molecular weight excluding hydrogens is 302 g/mol. The monoisotopic (exact) mass is 323 g/mol. The number of anilines is 1. The van der Waals surface area contributed by atoms with Crippen LogP contribution >= 0.6 is 0 Å². The lowest BCUT2D eigenvalue weighted by Gasteiger charge is -2.17. The molecule has 4 nitrogen and oxygen atoms in total. The van der Waals surface area contributed by atoms with Gasteiger partial charge >= 0.3 is 5.97 Å². The first kappa shape index (κ1) is 16.2. The van der Waals surface area contributed by atoms with Crippen molar-refractivity contribution in [3.8, 4) is 5.75 Å². The van der Waals surface area contributed by atoms with E-state index in [9.17, 15) is 9.59 Å². The quantitative estimate of drug-likeness (QED) is 0.641. The molecule has 1 heterocycles. The van der Waals surface area contributed by atoms with Crippen LogP contribution in [0.4, 0.5) is 5.69 Å². The lowest BCUT2D eigenvalue weighted by Crippen LogP contribution is -2.27. The van der Waals surface area contributed by atoms with Crippen LogP contribution in [-0.4, -0.2) is 18.4 Å². The average molecular weight is 323 g/mol. The van der Waals surface area contributed by atoms with Crippen molar-refractivity contribution >= 4 is 17.6 Å². The van der Waals surface area contributed by atoms with Gasteiger partial charge in [0.15, 0.2) is 0 Å². The van der Waals surface area contributed by atoms with Gasteiger partial charge in [-0.2, -0.15) is 0 Å². The summed E-state index contributed by atoms with van der Waals surface area (Å²) < 4.78 is 5.54. The van der Waals surface area contributed by atoms with E-state index < -0.39 is 5.92 Å². The molecule has 1 aliphatic heterocycles. The predicted molar refractivity (Wildman–Crippen MR) is 93.2 cm³/mol. The van der Waals surface area contributed by atoms with Crippen molar-refractivity contribution in [3.05, 3.63) is 59.2 Å². The minimum Gasteiger partial charge on any atom is -0.426 e. The second-order valence-corrected chi connectivity index (χ2v) is 6.36. The van der Waals surface area contributed by atoms with Gasteiger partial charge in [-0.25, -0.2) is 0 Å². The maximum atomic E-state index is 12.5. The van der Waals surface area contributed by atoms with Gasteiger partial charge in [0.1, 0.15) is 5.75 Å². The molecule has 0 N–H and O–H groups in total. The van der Waals surface area contributed by atoms with Gasteiger partial charge in [-0.3, -0.25) is 9.59 Å². The molecule has 1 fully saturated rings. The number of ether oxygens (including phenoxy) is 1. The van der Waals surface area contributed by atoms with Gasteiger partial charge in [-0.15, -0.1) is 0 Å². The Morgan fingerprint density at radius 1 is 1.08 bits per heavy atom. The number of benzene rings is 2. The highest BCUT2D eigenvalue weighted by atomic mass is 16.5. The van der Waals surface area contributed by atoms with Gasteiger partial charge < -0.3 is 9.64 Å². The molecule has 0 saturated carbocycles. The van der Waals surface area contributed by atoms with Crippen LogP contribution < -0.4 is 9.64 Å². The fourth-order valence-electron chi connectivity index (χ4n) is 2.87. The topological polar surface area (TPSA) is 46.6 Å². The van der Waals surface area contributed by atoms with Crippen molar-refractivity contribution < 1.29 is 14.3 Å². The Labute approximate surface area is 142 Å². The summed E-state index contributed by atoms with van der Waals surface area (Å²) >= 11 is 0. The van der Waals surface area contributed by atoms with Gasteiger partial charge in [0.2, 0.25) is 5.91 Å². The third-order valence-corrected chi connectivity index (χ3v) is 4.57. The summed E-state index contributed by atoms with van der Waals surface area (Å²) in [6, 6.07) is 13.4. The maximum absolute atomic E-state index is 12.5. The summed E-state index contributed by atoms with van der Waals surface area (Å²) in [6.07, 6.45) is 0.192. The predicted octanol–water partition coefficient (Wildman–Crippen LogP) is 3.57. The first-order valence-electron chi connectivity index (χ1n) is 8.10. The Morgan fingerprint density at radius 3 is 2.50 bits per heavy atom. The molecule has 124 valence electrons. The van der Waals surface area contributed by atoms with Crippen LogP contribution in [0.25, 0.3) is 0 Å². The number of hydrogen-bond donors (Lipinski definition) is 0. The molecule has 1 aliphatic rings. The summed E-state index contributed by atoms with van der Waals surface area (Å²) in [5.74, 6) is -0.242. The molecule has 4 heteroatoms. The molecule has 1 saturated heterocycles. The largest absolute Gasteiger partial charge is 0.426 e. The molecule has 24 heavy (non-hydrogen) atoms. The molecule has 1 amide bonds. The number of carbonyl (C=O) groups excluding carboxylic acids is 2. The highest BCUT2D eigenvalue weighted by Crippen LogP contribution is 2.28. The molecule has 2 aromatic carbocycles. The van der Waals surface area contributed by atoms with Gasteiger partial charge in [0.25, 0.3) is 0 Å². The van der Waals surface area contributed by atoms with E-state index in [1.54, 1.807) is 11.0 Å². The number of hydrogen-bond acceptors (Lipinski definition) is 3. The third-order valence-electron chi connectivity index (χ3n) is 4.57. The van der Waals surface area contributed by atoms with Crippen molar-refractivity contribution in [1.29, 1.82) is 0 Å². The van der Waals surface area contributed by atoms with E-state index in [1.165, 1.54) is 0 Å². The Kier molecular flexibility index (Phi) is 4.38. The fourth-order valence-corrected chi connectivity index (χ4v) is 2.87. The van der Waals surface area contributed by atoms with Crippen molar-refractivity contribution in [2.24, 2.45) is 5.92 Å². The summed E-state index contributed by atoms with van der Waals surface area (Å²) in [6.45, 7) is 6.27. The van der Waals surface area contributed by atoms with Crippen LogP contribution in [0, 0.1) is 26.7 Å². The second-order valence-electron chi connectivity index (χ2n) is 6.36. The van der Waals surface area contributed by atoms with E-state index >= 15 is 0 Å². The molecule has 0 aromatic heterocycles. The fraction of sp³-hybridized carbons (Fsp3) is 0.300. The minimum atomic E-state index is -0.432. The number of nitrogens with zero attached hydrogens (tertiary/aromatic N) is 1. The molecule has 0 radical (unpaired) electrons. The Bertz CT molecular complexity index is 780. The van der Waals surface area contributed by atoms with Crippen LogP contribution in [0.15, 0.2) is 42.5 Å². The molecule has 1 atom stereocenters. The molecule has 0 bridgehead atoms.